The predicted octanol–water partition coefficient (Wildman–Crippen LogP) is 1.38. The molecular formula is C27H30N4O15S. The second-order valence-corrected chi connectivity index (χ2v) is 12.5. The van der Waals surface area contributed by atoms with Gasteiger partial charge in [-0.1, -0.05) is 12.1 Å². The molecule has 1 heterocycles. The van der Waals surface area contributed by atoms with Crippen LogP contribution in [0, 0.1) is 25.6 Å². The highest BCUT2D eigenvalue weighted by atomic mass is 32.2. The molecule has 20 heteroatoms. The van der Waals surface area contributed by atoms with Crippen LogP contribution in [0.2, 0.25) is 0 Å². The van der Waals surface area contributed by atoms with Gasteiger partial charge in [0.2, 0.25) is 0 Å². The highest BCUT2D eigenvalue weighted by molar-refractivity contribution is 7.90. The molecule has 0 saturated heterocycles. The van der Waals surface area contributed by atoms with Crippen molar-refractivity contribution >= 4 is 39.2 Å². The monoisotopic (exact) mass is 682 g/mol. The zero-order valence-electron chi connectivity index (χ0n) is 25.5. The Kier molecular flexibility index (Phi) is 11.2. The van der Waals surface area contributed by atoms with Gasteiger partial charge in [0.25, 0.3) is 27.9 Å². The fourth-order valence-electron chi connectivity index (χ4n) is 4.51. The van der Waals surface area contributed by atoms with E-state index in [0.717, 1.165) is 18.1 Å². The van der Waals surface area contributed by atoms with Crippen LogP contribution in [0.4, 0.5) is 5.69 Å². The van der Waals surface area contributed by atoms with Crippen molar-refractivity contribution in [3.63, 3.8) is 0 Å². The average Bonchev–Trinajstić information content (AvgIpc) is 3.26. The Hall–Kier alpha value is -5.53. The smallest absolute Gasteiger partial charge is 0.316 e. The third-order valence-electron chi connectivity index (χ3n) is 6.67. The lowest BCUT2D eigenvalue weighted by Gasteiger charge is -2.27. The topological polar surface area (TPSA) is 250 Å². The Balaban J connectivity index is 1.87. The summed E-state index contributed by atoms with van der Waals surface area (Å²) >= 11 is 0. The summed E-state index contributed by atoms with van der Waals surface area (Å²) in [5, 5.41) is 21.1. The first-order valence-electron chi connectivity index (χ1n) is 13.5. The van der Waals surface area contributed by atoms with Gasteiger partial charge in [-0.25, -0.2) is 8.42 Å². The maximum atomic E-state index is 13.8. The molecule has 254 valence electrons. The number of nitrogens with one attached hydrogen (secondary N) is 1. The standard InChI is InChI=1S/C27H30N4O15S/c1-5-43-21-11-16(9-10-20(21)42-3)19(13-47(4,40)41)29-24(33)17-7-6-8-18(23(17)25(29)34)28-22(32)12-44-26(35)27(2,14-45-30(36)37)15-46-31(38)39/h6-11,19H,5,12-15H2,1-4H3,(H,28,32). The van der Waals surface area contributed by atoms with E-state index in [4.69, 9.17) is 14.2 Å². The second kappa shape index (κ2) is 14.7. The van der Waals surface area contributed by atoms with Crippen LogP contribution in [-0.2, 0) is 33.8 Å². The Morgan fingerprint density at radius 1 is 1.02 bits per heavy atom. The fraction of sp³-hybridized carbons (Fsp3) is 0.407. The molecule has 1 N–H and O–H groups in total. The summed E-state index contributed by atoms with van der Waals surface area (Å²) in [6, 6.07) is 7.06. The molecule has 1 aliphatic heterocycles. The number of anilines is 1. The normalized spacial score (nSPS) is 13.3. The third kappa shape index (κ3) is 8.81. The van der Waals surface area contributed by atoms with Crippen molar-refractivity contribution in [1.29, 1.82) is 0 Å². The summed E-state index contributed by atoms with van der Waals surface area (Å²) in [4.78, 5) is 83.0. The molecule has 0 aromatic heterocycles. The quantitative estimate of drug-likeness (QED) is 0.107. The molecule has 1 unspecified atom stereocenters. The van der Waals surface area contributed by atoms with Gasteiger partial charge in [-0.05, 0) is 43.7 Å². The van der Waals surface area contributed by atoms with Gasteiger partial charge in [-0.3, -0.25) is 24.1 Å². The largest absolute Gasteiger partial charge is 0.493 e. The summed E-state index contributed by atoms with van der Waals surface area (Å²) in [6.07, 6.45) is 0.941. The Morgan fingerprint density at radius 2 is 1.66 bits per heavy atom. The zero-order valence-corrected chi connectivity index (χ0v) is 26.3. The van der Waals surface area contributed by atoms with E-state index in [1.54, 1.807) is 6.92 Å². The minimum Gasteiger partial charge on any atom is -0.493 e. The number of nitrogens with zero attached hydrogens (tertiary/aromatic N) is 3. The van der Waals surface area contributed by atoms with Crippen molar-refractivity contribution in [2.45, 2.75) is 19.9 Å². The molecule has 3 amide bonds. The number of carbonyl (C=O) groups is 4. The molecule has 47 heavy (non-hydrogen) atoms. The van der Waals surface area contributed by atoms with Crippen molar-refractivity contribution in [3.05, 3.63) is 73.3 Å². The molecule has 0 fully saturated rings. The number of imide groups is 1. The van der Waals surface area contributed by atoms with E-state index in [2.05, 4.69) is 15.0 Å². The summed E-state index contributed by atoms with van der Waals surface area (Å²) < 4.78 is 40.7. The highest BCUT2D eigenvalue weighted by Crippen LogP contribution is 2.38. The van der Waals surface area contributed by atoms with E-state index in [-0.39, 0.29) is 34.7 Å². The predicted molar refractivity (Wildman–Crippen MR) is 157 cm³/mol. The summed E-state index contributed by atoms with van der Waals surface area (Å²) in [5.74, 6) is -4.19. The van der Waals surface area contributed by atoms with Crippen molar-refractivity contribution < 1.29 is 61.7 Å². The lowest BCUT2D eigenvalue weighted by atomic mass is 9.93. The average molecular weight is 683 g/mol. The number of ether oxygens (including phenoxy) is 3. The fourth-order valence-corrected chi connectivity index (χ4v) is 5.42. The van der Waals surface area contributed by atoms with Crippen LogP contribution < -0.4 is 14.8 Å². The van der Waals surface area contributed by atoms with Gasteiger partial charge in [0.05, 0.1) is 42.3 Å². The van der Waals surface area contributed by atoms with Crippen LogP contribution in [0.15, 0.2) is 36.4 Å². The number of esters is 1. The second-order valence-electron chi connectivity index (χ2n) is 10.3. The number of methoxy groups -OCH3 is 1. The van der Waals surface area contributed by atoms with Gasteiger partial charge in [-0.15, -0.1) is 20.2 Å². The van der Waals surface area contributed by atoms with Crippen molar-refractivity contribution in [2.75, 3.05) is 50.9 Å². The van der Waals surface area contributed by atoms with Gasteiger partial charge in [0.15, 0.2) is 18.1 Å². The summed E-state index contributed by atoms with van der Waals surface area (Å²) in [6.45, 7) is -0.0563. The van der Waals surface area contributed by atoms with E-state index in [9.17, 15) is 47.8 Å². The van der Waals surface area contributed by atoms with Gasteiger partial charge in [0.1, 0.15) is 28.5 Å². The summed E-state index contributed by atoms with van der Waals surface area (Å²) in [5.41, 5.74) is -2.42. The lowest BCUT2D eigenvalue weighted by Crippen LogP contribution is -2.41. The number of hydrogen-bond acceptors (Lipinski definition) is 15. The number of hydrogen-bond donors (Lipinski definition) is 1. The van der Waals surface area contributed by atoms with Crippen LogP contribution in [-0.4, -0.2) is 92.7 Å². The molecule has 1 aliphatic rings. The molecule has 2 aromatic rings. The first-order chi connectivity index (χ1) is 22.0. The van der Waals surface area contributed by atoms with Gasteiger partial charge in [-0.2, -0.15) is 0 Å². The van der Waals surface area contributed by atoms with Crippen LogP contribution in [0.1, 0.15) is 46.2 Å². The van der Waals surface area contributed by atoms with Gasteiger partial charge < -0.3 is 29.2 Å². The molecule has 1 atom stereocenters. The van der Waals surface area contributed by atoms with E-state index in [0.29, 0.717) is 5.75 Å². The Labute approximate surface area is 266 Å². The Morgan fingerprint density at radius 3 is 2.21 bits per heavy atom. The van der Waals surface area contributed by atoms with Crippen molar-refractivity contribution in [3.8, 4) is 11.5 Å². The number of amides is 3. The molecule has 0 aliphatic carbocycles. The molecular weight excluding hydrogens is 652 g/mol. The SMILES string of the molecule is CCOc1cc(C(CS(C)(=O)=O)N2C(=O)c3cccc(NC(=O)COC(=O)C(C)(CO[N+](=O)[O-])CO[N+](=O)[O-])c3C2=O)ccc1OC. The van der Waals surface area contributed by atoms with Crippen molar-refractivity contribution in [1.82, 2.24) is 4.90 Å². The Bertz CT molecular complexity index is 1680. The van der Waals surface area contributed by atoms with Crippen LogP contribution >= 0.6 is 0 Å². The van der Waals surface area contributed by atoms with Crippen LogP contribution in [0.5, 0.6) is 11.5 Å². The molecule has 0 bridgehead atoms. The van der Waals surface area contributed by atoms with Gasteiger partial charge in [0, 0.05) is 6.26 Å². The maximum Gasteiger partial charge on any atom is 0.316 e. The molecule has 3 rings (SSSR count). The van der Waals surface area contributed by atoms with Crippen LogP contribution in [0.25, 0.3) is 0 Å². The molecule has 19 nitrogen and oxygen atoms in total. The van der Waals surface area contributed by atoms with E-state index < -0.39 is 80.7 Å². The van der Waals surface area contributed by atoms with E-state index in [1.165, 1.54) is 43.5 Å². The molecule has 2 aromatic carbocycles. The number of carbonyl (C=O) groups excluding carboxylic acids is 4. The molecule has 0 spiro atoms. The molecule has 0 radical (unpaired) electrons. The number of sulfone groups is 1. The zero-order chi connectivity index (χ0) is 35.1. The number of rotatable bonds is 17. The first-order valence-corrected chi connectivity index (χ1v) is 15.6. The first kappa shape index (κ1) is 35.9. The number of benzene rings is 2. The minimum atomic E-state index is -3.79. The van der Waals surface area contributed by atoms with E-state index in [1.807, 2.05) is 0 Å². The number of fused-ring (bicyclic) bond motifs is 1. The third-order valence-corrected chi connectivity index (χ3v) is 7.59. The molecule has 0 saturated carbocycles. The van der Waals surface area contributed by atoms with Crippen LogP contribution in [0.3, 0.4) is 0 Å². The van der Waals surface area contributed by atoms with Gasteiger partial charge >= 0.3 is 5.97 Å². The van der Waals surface area contributed by atoms with E-state index >= 15 is 0 Å². The minimum absolute atomic E-state index is 0.150. The lowest BCUT2D eigenvalue weighted by molar-refractivity contribution is -0.770. The maximum absolute atomic E-state index is 13.8. The summed E-state index contributed by atoms with van der Waals surface area (Å²) in [7, 11) is -2.38. The van der Waals surface area contributed by atoms with Crippen molar-refractivity contribution in [2.24, 2.45) is 5.41 Å². The highest BCUT2D eigenvalue weighted by Gasteiger charge is 2.44.